The van der Waals surface area contributed by atoms with E-state index in [0.29, 0.717) is 6.42 Å². The Morgan fingerprint density at radius 2 is 2.00 bits per heavy atom. The van der Waals surface area contributed by atoms with E-state index in [1.807, 2.05) is 36.4 Å². The summed E-state index contributed by atoms with van der Waals surface area (Å²) in [6, 6.07) is 10.3. The summed E-state index contributed by atoms with van der Waals surface area (Å²) in [6.07, 6.45) is 4.00. The van der Waals surface area contributed by atoms with Gasteiger partial charge in [-0.2, -0.15) is 0 Å². The molecular weight excluding hydrogens is 252 g/mol. The van der Waals surface area contributed by atoms with Gasteiger partial charge in [0.25, 0.3) is 0 Å². The number of esters is 1. The predicted molar refractivity (Wildman–Crippen MR) is 82.9 cm³/mol. The van der Waals surface area contributed by atoms with E-state index in [4.69, 9.17) is 8.85 Å². The van der Waals surface area contributed by atoms with E-state index < -0.39 is 27.0 Å². The molecule has 0 N–H and O–H groups in total. The van der Waals surface area contributed by atoms with Crippen LogP contribution in [0.15, 0.2) is 42.5 Å². The fraction of sp³-hybridized carbons (Fsp3) is 0.438. The van der Waals surface area contributed by atoms with E-state index in [9.17, 15) is 4.79 Å². The Kier molecular flexibility index (Phi) is 4.40. The maximum atomic E-state index is 11.6. The fourth-order valence-electron chi connectivity index (χ4n) is 1.71. The summed E-state index contributed by atoms with van der Waals surface area (Å²) >= 11 is 0. The molecule has 2 nitrogen and oxygen atoms in total. The maximum Gasteiger partial charge on any atom is 0.303 e. The van der Waals surface area contributed by atoms with Crippen LogP contribution in [0.25, 0.3) is 0 Å². The number of carbonyl (C=O) groups is 1. The molecule has 0 radical (unpaired) electrons. The van der Waals surface area contributed by atoms with Crippen LogP contribution in [0.3, 0.4) is 0 Å². The highest BCUT2D eigenvalue weighted by Gasteiger charge is 2.13. The van der Waals surface area contributed by atoms with Gasteiger partial charge in [-0.3, -0.25) is 4.79 Å². The van der Waals surface area contributed by atoms with E-state index in [1.54, 1.807) is 0 Å². The molecule has 0 bridgehead atoms. The van der Waals surface area contributed by atoms with Gasteiger partial charge in [0.2, 0.25) is 0 Å². The van der Waals surface area contributed by atoms with Crippen LogP contribution in [0.1, 0.15) is 29.1 Å². The van der Waals surface area contributed by atoms with E-state index in [0.717, 1.165) is 11.6 Å². The van der Waals surface area contributed by atoms with Crippen molar-refractivity contribution in [2.75, 3.05) is 0 Å². The third-order valence-corrected chi connectivity index (χ3v) is 4.13. The zero-order valence-corrected chi connectivity index (χ0v) is 12.8. The highest BCUT2D eigenvalue weighted by Crippen LogP contribution is 2.22. The summed E-state index contributed by atoms with van der Waals surface area (Å²) in [4.78, 5) is 11.6. The van der Waals surface area contributed by atoms with Crippen molar-refractivity contribution in [3.05, 3.63) is 48.0 Å². The number of hydrogen-bond acceptors (Lipinski definition) is 2. The molecule has 0 amide bonds. The molecule has 104 valence electrons. The number of rotatable bonds is 6. The van der Waals surface area contributed by atoms with Crippen LogP contribution < -0.4 is 0 Å². The van der Waals surface area contributed by atoms with Crippen molar-refractivity contribution in [3.8, 4) is 0 Å². The van der Waals surface area contributed by atoms with Crippen LogP contribution in [-0.2, 0) is 9.53 Å². The van der Waals surface area contributed by atoms with Crippen molar-refractivity contribution < 1.29 is 13.6 Å². The minimum atomic E-state index is -2.73. The summed E-state index contributed by atoms with van der Waals surface area (Å²) in [6.45, 7) is 4.11. The van der Waals surface area contributed by atoms with Gasteiger partial charge < -0.3 is 4.74 Å². The van der Waals surface area contributed by atoms with Crippen molar-refractivity contribution in [1.29, 1.82) is 0 Å². The number of benzene rings is 1. The van der Waals surface area contributed by atoms with Crippen LogP contribution in [-0.4, -0.2) is 14.0 Å². The quantitative estimate of drug-likeness (QED) is 0.433. The monoisotopic (exact) mass is 279 g/mol. The molecule has 0 aliphatic rings. The second-order valence-corrected chi connectivity index (χ2v) is 11.3. The van der Waals surface area contributed by atoms with E-state index >= 15 is 0 Å². The van der Waals surface area contributed by atoms with Gasteiger partial charge in [-0.05, 0) is 11.6 Å². The third-order valence-electron chi connectivity index (χ3n) is 2.67. The summed E-state index contributed by atoms with van der Waals surface area (Å²) in [5.74, 6) is -1.15. The van der Waals surface area contributed by atoms with Crippen LogP contribution >= 0.6 is 0 Å². The minimum Gasteiger partial charge on any atom is -0.457 e. The molecule has 1 rings (SSSR count). The van der Waals surface area contributed by atoms with Crippen molar-refractivity contribution in [2.24, 2.45) is 0 Å². The maximum absolute atomic E-state index is 11.6. The molecule has 0 spiro atoms. The number of allylic oxidation sites excluding steroid dienone is 1. The first-order valence-corrected chi connectivity index (χ1v) is 10.2. The molecule has 0 fully saturated rings. The second kappa shape index (κ2) is 7.29. The topological polar surface area (TPSA) is 26.3 Å². The largest absolute Gasteiger partial charge is 0.457 e. The van der Waals surface area contributed by atoms with Gasteiger partial charge in [-0.1, -0.05) is 62.1 Å². The van der Waals surface area contributed by atoms with Crippen molar-refractivity contribution >= 4 is 14.0 Å². The summed E-state index contributed by atoms with van der Waals surface area (Å²) in [5.41, 5.74) is 0.803. The molecule has 3 heteroatoms. The molecule has 0 aliphatic heterocycles. The van der Waals surface area contributed by atoms with Gasteiger partial charge in [-0.15, -0.1) is 0 Å². The van der Waals surface area contributed by atoms with Gasteiger partial charge in [0.05, 0.1) is 0 Å². The van der Waals surface area contributed by atoms with Crippen LogP contribution in [0.2, 0.25) is 25.7 Å². The average molecular weight is 279 g/mol. The van der Waals surface area contributed by atoms with Crippen molar-refractivity contribution in [3.63, 3.8) is 0 Å². The summed E-state index contributed by atoms with van der Waals surface area (Å²) < 4.78 is 26.6. The van der Waals surface area contributed by atoms with Crippen LogP contribution in [0.4, 0.5) is 0 Å². The Morgan fingerprint density at radius 3 is 2.58 bits per heavy atom. The highest BCUT2D eigenvalue weighted by molar-refractivity contribution is 6.76. The van der Waals surface area contributed by atoms with Crippen molar-refractivity contribution in [1.82, 2.24) is 0 Å². The van der Waals surface area contributed by atoms with E-state index in [2.05, 4.69) is 25.7 Å². The lowest BCUT2D eigenvalue weighted by Crippen LogP contribution is -2.17. The Bertz CT molecular complexity index is 504. The Balaban J connectivity index is 2.78. The van der Waals surface area contributed by atoms with Gasteiger partial charge in [0, 0.05) is 25.5 Å². The molecule has 1 aromatic carbocycles. The lowest BCUT2D eigenvalue weighted by Gasteiger charge is -2.16. The third kappa shape index (κ3) is 6.96. The number of hydrogen-bond donors (Lipinski definition) is 0. The molecule has 0 saturated carbocycles. The lowest BCUT2D eigenvalue weighted by atomic mass is 10.1. The Morgan fingerprint density at radius 1 is 1.32 bits per heavy atom. The smallest absolute Gasteiger partial charge is 0.303 e. The molecule has 0 aliphatic carbocycles. The van der Waals surface area contributed by atoms with Gasteiger partial charge >= 0.3 is 5.97 Å². The average Bonchev–Trinajstić information content (AvgIpc) is 2.40. The molecule has 0 heterocycles. The first kappa shape index (κ1) is 11.5. The van der Waals surface area contributed by atoms with Crippen molar-refractivity contribution in [2.45, 2.75) is 45.1 Å². The van der Waals surface area contributed by atoms with Crippen LogP contribution in [0.5, 0.6) is 0 Å². The van der Waals surface area contributed by atoms with Gasteiger partial charge in [0.1, 0.15) is 6.10 Å². The molecule has 1 unspecified atom stereocenters. The molecule has 0 saturated heterocycles. The molecule has 1 aromatic rings. The summed E-state index contributed by atoms with van der Waals surface area (Å²) in [5, 5.41) is 0. The van der Waals surface area contributed by atoms with E-state index in [1.165, 1.54) is 0 Å². The molecule has 19 heavy (non-hydrogen) atoms. The summed E-state index contributed by atoms with van der Waals surface area (Å²) in [7, 11) is -1.15. The van der Waals surface area contributed by atoms with E-state index in [-0.39, 0.29) is 0 Å². The lowest BCUT2D eigenvalue weighted by molar-refractivity contribution is -0.146. The minimum absolute atomic E-state index is 0.482. The van der Waals surface area contributed by atoms with Gasteiger partial charge in [0.15, 0.2) is 0 Å². The zero-order chi connectivity index (χ0) is 16.8. The SMILES string of the molecule is [2H]C([2H])([2H])C(=O)OC(C/C=C/C[Si](C)(C)C)c1ccccc1. The molecular formula is C16H24O2Si. The standard InChI is InChI=1S/C16H24O2Si/c1-14(17)18-16(15-10-6-5-7-11-15)12-8-9-13-19(2,3)4/h5-11,16H,12-13H2,1-4H3/b9-8+/i1D3. The van der Waals surface area contributed by atoms with Crippen LogP contribution in [0, 0.1) is 0 Å². The Labute approximate surface area is 121 Å². The zero-order valence-electron chi connectivity index (χ0n) is 14.8. The number of ether oxygens (including phenoxy) is 1. The normalized spacial score (nSPS) is 16.5. The molecule has 0 aromatic heterocycles. The van der Waals surface area contributed by atoms with Gasteiger partial charge in [-0.25, -0.2) is 0 Å². The predicted octanol–water partition coefficient (Wildman–Crippen LogP) is 4.58. The fourth-order valence-corrected chi connectivity index (χ4v) is 2.58. The first-order chi connectivity index (χ1) is 10.1. The Hall–Kier alpha value is -1.35. The number of carbonyl (C=O) groups excluding carboxylic acids is 1. The second-order valence-electron chi connectivity index (χ2n) is 5.78. The molecule has 1 atom stereocenters. The highest BCUT2D eigenvalue weighted by atomic mass is 28.3. The first-order valence-electron chi connectivity index (χ1n) is 8.00.